The zero-order valence-electron chi connectivity index (χ0n) is 10.7. The fraction of sp³-hybridized carbons (Fsp3) is 0.143. The number of rotatable bonds is 4. The highest BCUT2D eigenvalue weighted by molar-refractivity contribution is 5.63. The lowest BCUT2D eigenvalue weighted by atomic mass is 10.1. The van der Waals surface area contributed by atoms with Crippen LogP contribution in [0.1, 0.15) is 11.1 Å². The molecule has 2 rings (SSSR count). The molecule has 104 valence electrons. The number of nitrogens with zero attached hydrogens (tertiary/aromatic N) is 1. The third-order valence-corrected chi connectivity index (χ3v) is 2.85. The summed E-state index contributed by atoms with van der Waals surface area (Å²) in [6.45, 7) is 1.73. The van der Waals surface area contributed by atoms with E-state index in [1.54, 1.807) is 12.1 Å². The lowest BCUT2D eigenvalue weighted by Crippen LogP contribution is -2.04. The summed E-state index contributed by atoms with van der Waals surface area (Å²) in [6, 6.07) is 8.13. The smallest absolute Gasteiger partial charge is 0.295 e. The molecule has 0 atom stereocenters. The predicted octanol–water partition coefficient (Wildman–Crippen LogP) is 3.79. The molecule has 0 aliphatic rings. The first-order valence-corrected chi connectivity index (χ1v) is 5.90. The van der Waals surface area contributed by atoms with E-state index >= 15 is 0 Å². The number of hydrogen-bond acceptors (Lipinski definition) is 3. The van der Waals surface area contributed by atoms with Crippen molar-refractivity contribution in [2.24, 2.45) is 0 Å². The van der Waals surface area contributed by atoms with Crippen LogP contribution < -0.4 is 5.32 Å². The van der Waals surface area contributed by atoms with E-state index < -0.39 is 10.7 Å². The first-order valence-electron chi connectivity index (χ1n) is 5.90. The van der Waals surface area contributed by atoms with Crippen LogP contribution in [-0.2, 0) is 6.54 Å². The van der Waals surface area contributed by atoms with Gasteiger partial charge in [-0.15, -0.1) is 0 Å². The largest absolute Gasteiger partial charge is 0.375 e. The highest BCUT2D eigenvalue weighted by Gasteiger charge is 2.16. The van der Waals surface area contributed by atoms with Gasteiger partial charge >= 0.3 is 0 Å². The summed E-state index contributed by atoms with van der Waals surface area (Å²) in [7, 11) is 0. The van der Waals surface area contributed by atoms with Crippen molar-refractivity contribution in [3.63, 3.8) is 0 Å². The van der Waals surface area contributed by atoms with Crippen LogP contribution in [0.5, 0.6) is 0 Å². The average Bonchev–Trinajstić information content (AvgIpc) is 2.39. The van der Waals surface area contributed by atoms with Crippen molar-refractivity contribution in [1.29, 1.82) is 0 Å². The quantitative estimate of drug-likeness (QED) is 0.683. The minimum Gasteiger partial charge on any atom is -0.375 e. The summed E-state index contributed by atoms with van der Waals surface area (Å²) in [5, 5.41) is 13.7. The summed E-state index contributed by atoms with van der Waals surface area (Å²) in [5.41, 5.74) is 0.807. The van der Waals surface area contributed by atoms with Gasteiger partial charge in [0.2, 0.25) is 0 Å². The van der Waals surface area contributed by atoms with Gasteiger partial charge in [-0.1, -0.05) is 12.1 Å². The molecule has 0 saturated heterocycles. The van der Waals surface area contributed by atoms with Crippen LogP contribution in [-0.4, -0.2) is 4.92 Å². The van der Waals surface area contributed by atoms with Crippen molar-refractivity contribution in [3.05, 3.63) is 69.3 Å². The molecule has 0 fully saturated rings. The first-order chi connectivity index (χ1) is 9.47. The maximum absolute atomic E-state index is 13.4. The van der Waals surface area contributed by atoms with Crippen LogP contribution in [0.2, 0.25) is 0 Å². The van der Waals surface area contributed by atoms with Crippen molar-refractivity contribution in [2.45, 2.75) is 13.5 Å². The van der Waals surface area contributed by atoms with Crippen LogP contribution in [0.3, 0.4) is 0 Å². The Labute approximate surface area is 114 Å². The molecule has 4 nitrogen and oxygen atoms in total. The van der Waals surface area contributed by atoms with Crippen LogP contribution in [0.25, 0.3) is 0 Å². The molecular formula is C14H12F2N2O2. The third kappa shape index (κ3) is 3.09. The number of benzene rings is 2. The van der Waals surface area contributed by atoms with Gasteiger partial charge in [0.05, 0.1) is 11.0 Å². The Hall–Kier alpha value is -2.50. The number of nitrogens with one attached hydrogen (secondary N) is 1. The van der Waals surface area contributed by atoms with Crippen LogP contribution in [0, 0.1) is 28.7 Å². The van der Waals surface area contributed by atoms with Gasteiger partial charge in [-0.25, -0.2) is 8.78 Å². The Morgan fingerprint density at radius 2 is 2.00 bits per heavy atom. The van der Waals surface area contributed by atoms with Crippen LogP contribution in [0.15, 0.2) is 36.4 Å². The summed E-state index contributed by atoms with van der Waals surface area (Å²) in [5.74, 6) is -1.01. The van der Waals surface area contributed by atoms with Crippen molar-refractivity contribution < 1.29 is 13.7 Å². The van der Waals surface area contributed by atoms with Crippen molar-refractivity contribution in [3.8, 4) is 0 Å². The topological polar surface area (TPSA) is 55.2 Å². The molecule has 0 unspecified atom stereocenters. The van der Waals surface area contributed by atoms with Gasteiger partial charge in [-0.3, -0.25) is 10.1 Å². The zero-order chi connectivity index (χ0) is 14.7. The summed E-state index contributed by atoms with van der Waals surface area (Å²) < 4.78 is 26.4. The second-order valence-electron chi connectivity index (χ2n) is 4.36. The second-order valence-corrected chi connectivity index (χ2v) is 4.36. The molecule has 0 aliphatic heterocycles. The molecule has 2 aromatic rings. The molecule has 0 amide bonds. The van der Waals surface area contributed by atoms with Crippen molar-refractivity contribution in [1.82, 2.24) is 0 Å². The highest BCUT2D eigenvalue weighted by atomic mass is 19.1. The van der Waals surface area contributed by atoms with E-state index in [1.807, 2.05) is 0 Å². The molecule has 0 saturated carbocycles. The van der Waals surface area contributed by atoms with E-state index in [2.05, 4.69) is 5.32 Å². The number of nitro groups is 1. The first kappa shape index (κ1) is 13.9. The third-order valence-electron chi connectivity index (χ3n) is 2.85. The molecular weight excluding hydrogens is 266 g/mol. The van der Waals surface area contributed by atoms with Gasteiger partial charge < -0.3 is 5.32 Å². The van der Waals surface area contributed by atoms with E-state index in [4.69, 9.17) is 0 Å². The van der Waals surface area contributed by atoms with Gasteiger partial charge in [0.15, 0.2) is 0 Å². The molecule has 0 radical (unpaired) electrons. The van der Waals surface area contributed by atoms with Gasteiger partial charge in [-0.05, 0) is 36.2 Å². The Balaban J connectivity index is 2.24. The maximum Gasteiger partial charge on any atom is 0.295 e. The summed E-state index contributed by atoms with van der Waals surface area (Å²) in [6.07, 6.45) is 0. The number of nitro benzene ring substituents is 1. The van der Waals surface area contributed by atoms with Gasteiger partial charge in [0.25, 0.3) is 5.69 Å². The lowest BCUT2D eigenvalue weighted by molar-refractivity contribution is -0.384. The van der Waals surface area contributed by atoms with Gasteiger partial charge in [0.1, 0.15) is 17.3 Å². The number of hydrogen-bond donors (Lipinski definition) is 1. The van der Waals surface area contributed by atoms with E-state index in [9.17, 15) is 18.9 Å². The summed E-state index contributed by atoms with van der Waals surface area (Å²) in [4.78, 5) is 10.2. The molecule has 0 aromatic heterocycles. The number of anilines is 1. The van der Waals surface area contributed by atoms with Gasteiger partial charge in [-0.2, -0.15) is 0 Å². The molecule has 0 spiro atoms. The van der Waals surface area contributed by atoms with Crippen LogP contribution in [0.4, 0.5) is 20.2 Å². The fourth-order valence-electron chi connectivity index (χ4n) is 1.81. The Bertz CT molecular complexity index is 660. The number of halogens is 2. The average molecular weight is 278 g/mol. The van der Waals surface area contributed by atoms with Crippen molar-refractivity contribution in [2.75, 3.05) is 5.32 Å². The fourth-order valence-corrected chi connectivity index (χ4v) is 1.81. The van der Waals surface area contributed by atoms with E-state index in [1.165, 1.54) is 25.1 Å². The molecule has 6 heteroatoms. The molecule has 20 heavy (non-hydrogen) atoms. The lowest BCUT2D eigenvalue weighted by Gasteiger charge is -2.09. The van der Waals surface area contributed by atoms with E-state index in [-0.39, 0.29) is 23.7 Å². The molecule has 1 N–H and O–H groups in total. The Morgan fingerprint density at radius 3 is 2.65 bits per heavy atom. The highest BCUT2D eigenvalue weighted by Crippen LogP contribution is 2.27. The normalized spacial score (nSPS) is 10.3. The van der Waals surface area contributed by atoms with Crippen LogP contribution >= 0.6 is 0 Å². The standard InChI is InChI=1S/C14H12F2N2O2/c1-9-5-13(14(18(19)20)7-12(9)16)17-8-10-3-2-4-11(15)6-10/h2-7,17H,8H2,1H3. The molecule has 0 aliphatic carbocycles. The minimum absolute atomic E-state index is 0.207. The van der Waals surface area contributed by atoms with Crippen molar-refractivity contribution >= 4 is 11.4 Å². The monoisotopic (exact) mass is 278 g/mol. The molecule has 0 heterocycles. The Kier molecular flexibility index (Phi) is 3.93. The Morgan fingerprint density at radius 1 is 1.25 bits per heavy atom. The molecule has 0 bridgehead atoms. The predicted molar refractivity (Wildman–Crippen MR) is 71.5 cm³/mol. The SMILES string of the molecule is Cc1cc(NCc2cccc(F)c2)c([N+](=O)[O-])cc1F. The number of aryl methyl sites for hydroxylation is 1. The summed E-state index contributed by atoms with van der Waals surface area (Å²) >= 11 is 0. The second kappa shape index (κ2) is 5.64. The van der Waals surface area contributed by atoms with Gasteiger partial charge in [0, 0.05) is 6.54 Å². The minimum atomic E-state index is -0.656. The maximum atomic E-state index is 13.4. The molecule has 2 aromatic carbocycles. The zero-order valence-corrected chi connectivity index (χ0v) is 10.7. The van der Waals surface area contributed by atoms with E-state index in [0.717, 1.165) is 6.07 Å². The van der Waals surface area contributed by atoms with E-state index in [0.29, 0.717) is 11.1 Å².